The van der Waals surface area contributed by atoms with E-state index >= 15 is 0 Å². The molecule has 0 saturated heterocycles. The third kappa shape index (κ3) is 3.03. The van der Waals surface area contributed by atoms with E-state index < -0.39 is 46.3 Å². The maximum Gasteiger partial charge on any atom is 0.430 e. The van der Waals surface area contributed by atoms with Gasteiger partial charge in [-0.1, -0.05) is 36.4 Å². The van der Waals surface area contributed by atoms with Crippen molar-refractivity contribution in [1.82, 2.24) is 5.32 Å². The summed E-state index contributed by atoms with van der Waals surface area (Å²) in [5, 5.41) is 12.2. The van der Waals surface area contributed by atoms with Crippen molar-refractivity contribution in [2.45, 2.75) is 29.9 Å². The molecule has 0 saturated carbocycles. The number of nitrogens with two attached hydrogens (primary N) is 1. The van der Waals surface area contributed by atoms with Gasteiger partial charge in [0.25, 0.3) is 5.60 Å². The van der Waals surface area contributed by atoms with Crippen LogP contribution >= 0.6 is 0 Å². The van der Waals surface area contributed by atoms with Gasteiger partial charge in [-0.2, -0.15) is 26.3 Å². The zero-order chi connectivity index (χ0) is 22.5. The molecular formula is C19H15F7N2O2. The van der Waals surface area contributed by atoms with Gasteiger partial charge in [0.2, 0.25) is 5.91 Å². The lowest BCUT2D eigenvalue weighted by molar-refractivity contribution is -0.376. The Bertz CT molecular complexity index is 974. The Hall–Kier alpha value is -2.66. The summed E-state index contributed by atoms with van der Waals surface area (Å²) in [6.45, 7) is 0.149. The average molecular weight is 436 g/mol. The molecule has 2 aromatic rings. The highest BCUT2D eigenvalue weighted by molar-refractivity contribution is 5.91. The largest absolute Gasteiger partial charge is 0.430 e. The van der Waals surface area contributed by atoms with Gasteiger partial charge in [-0.15, -0.1) is 0 Å². The Morgan fingerprint density at radius 1 is 1.00 bits per heavy atom. The number of hydrogen-bond acceptors (Lipinski definition) is 3. The van der Waals surface area contributed by atoms with Crippen LogP contribution < -0.4 is 11.1 Å². The van der Waals surface area contributed by atoms with E-state index in [0.717, 1.165) is 0 Å². The lowest BCUT2D eigenvalue weighted by atomic mass is 9.75. The third-order valence-corrected chi connectivity index (χ3v) is 5.19. The summed E-state index contributed by atoms with van der Waals surface area (Å²) in [5.74, 6) is -2.66. The maximum atomic E-state index is 14.9. The van der Waals surface area contributed by atoms with E-state index in [1.807, 2.05) is 0 Å². The Kier molecular flexibility index (Phi) is 5.10. The zero-order valence-corrected chi connectivity index (χ0v) is 15.0. The number of fused-ring (bicyclic) bond motifs is 1. The summed E-state index contributed by atoms with van der Waals surface area (Å²) in [4.78, 5) is 12.4. The second-order valence-electron chi connectivity index (χ2n) is 6.85. The number of carbonyl (C=O) groups is 1. The first-order valence-corrected chi connectivity index (χ1v) is 8.56. The number of rotatable bonds is 3. The predicted molar refractivity (Wildman–Crippen MR) is 90.5 cm³/mol. The van der Waals surface area contributed by atoms with Gasteiger partial charge in [-0.3, -0.25) is 10.1 Å². The fourth-order valence-corrected chi connectivity index (χ4v) is 3.71. The molecule has 0 spiro atoms. The summed E-state index contributed by atoms with van der Waals surface area (Å²) >= 11 is 0. The molecule has 4 nitrogen and oxygen atoms in total. The lowest BCUT2D eigenvalue weighted by Crippen LogP contribution is -2.57. The molecule has 0 aliphatic carbocycles. The minimum atomic E-state index is -6.17. The third-order valence-electron chi connectivity index (χ3n) is 5.19. The van der Waals surface area contributed by atoms with Crippen LogP contribution in [0.5, 0.6) is 0 Å². The fourth-order valence-electron chi connectivity index (χ4n) is 3.71. The lowest BCUT2D eigenvalue weighted by Gasteiger charge is -2.39. The molecule has 0 bridgehead atoms. The van der Waals surface area contributed by atoms with E-state index in [2.05, 4.69) is 5.32 Å². The summed E-state index contributed by atoms with van der Waals surface area (Å²) in [6.07, 6.45) is -11.9. The van der Waals surface area contributed by atoms with Gasteiger partial charge < -0.3 is 10.8 Å². The molecule has 162 valence electrons. The highest BCUT2D eigenvalue weighted by atomic mass is 19.4. The molecule has 1 unspecified atom stereocenters. The Balaban J connectivity index is 2.24. The van der Waals surface area contributed by atoms with Crippen LogP contribution in [0, 0.1) is 5.82 Å². The number of hydrogen-bond donors (Lipinski definition) is 3. The van der Waals surface area contributed by atoms with Gasteiger partial charge >= 0.3 is 12.4 Å². The second kappa shape index (κ2) is 6.95. The van der Waals surface area contributed by atoms with Crippen LogP contribution in [0.2, 0.25) is 0 Å². The highest BCUT2D eigenvalue weighted by Crippen LogP contribution is 2.50. The van der Waals surface area contributed by atoms with Crippen LogP contribution in [0.4, 0.5) is 30.7 Å². The minimum Gasteiger partial charge on any atom is -0.369 e. The molecule has 11 heteroatoms. The van der Waals surface area contributed by atoms with E-state index in [-0.39, 0.29) is 24.2 Å². The van der Waals surface area contributed by atoms with Crippen molar-refractivity contribution >= 4 is 5.91 Å². The van der Waals surface area contributed by atoms with Gasteiger partial charge in [0, 0.05) is 17.7 Å². The summed E-state index contributed by atoms with van der Waals surface area (Å²) < 4.78 is 93.5. The number of primary amides is 1. The topological polar surface area (TPSA) is 75.4 Å². The maximum absolute atomic E-state index is 14.9. The molecule has 1 heterocycles. The van der Waals surface area contributed by atoms with E-state index in [1.54, 1.807) is 12.1 Å². The van der Waals surface area contributed by atoms with Crippen LogP contribution in [0.15, 0.2) is 42.5 Å². The van der Waals surface area contributed by atoms with E-state index in [0.29, 0.717) is 18.1 Å². The van der Waals surface area contributed by atoms with Crippen LogP contribution in [0.25, 0.3) is 0 Å². The summed E-state index contributed by atoms with van der Waals surface area (Å²) in [6, 6.07) is 7.08. The van der Waals surface area contributed by atoms with Gasteiger partial charge in [0.1, 0.15) is 5.82 Å². The van der Waals surface area contributed by atoms with Gasteiger partial charge in [-0.25, -0.2) is 4.39 Å². The molecule has 1 aliphatic heterocycles. The van der Waals surface area contributed by atoms with E-state index in [1.165, 1.54) is 12.1 Å². The standard InChI is InChI=1S/C19H15F7N2O2/c20-14-9-11(17(30,18(21,22)23)19(24,25)26)5-6-13(14)16(15(27)29)12-4-2-1-3-10(12)7-8-28-16/h1-6,9,28,30H,7-8H2,(H2,27,29). The van der Waals surface area contributed by atoms with Crippen molar-refractivity contribution in [1.29, 1.82) is 0 Å². The van der Waals surface area contributed by atoms with Crippen molar-refractivity contribution in [3.63, 3.8) is 0 Å². The second-order valence-corrected chi connectivity index (χ2v) is 6.85. The molecule has 0 radical (unpaired) electrons. The average Bonchev–Trinajstić information content (AvgIpc) is 2.64. The highest BCUT2D eigenvalue weighted by Gasteiger charge is 2.71. The van der Waals surface area contributed by atoms with E-state index in [9.17, 15) is 40.6 Å². The molecular weight excluding hydrogens is 421 g/mol. The van der Waals surface area contributed by atoms with Crippen molar-refractivity contribution in [2.75, 3.05) is 6.54 Å². The normalized spacial score (nSPS) is 20.0. The quantitative estimate of drug-likeness (QED) is 0.648. The van der Waals surface area contributed by atoms with E-state index in [4.69, 9.17) is 5.73 Å². The number of aliphatic hydroxyl groups is 1. The van der Waals surface area contributed by atoms with Crippen molar-refractivity contribution in [3.05, 3.63) is 70.5 Å². The minimum absolute atomic E-state index is 0.0834. The molecule has 4 N–H and O–H groups in total. The van der Waals surface area contributed by atoms with Crippen molar-refractivity contribution in [3.8, 4) is 0 Å². The molecule has 30 heavy (non-hydrogen) atoms. The first-order valence-electron chi connectivity index (χ1n) is 8.56. The molecule has 3 rings (SSSR count). The number of alkyl halides is 6. The number of carbonyl (C=O) groups excluding carboxylic acids is 1. The first kappa shape index (κ1) is 22.0. The van der Waals surface area contributed by atoms with Crippen LogP contribution in [0.1, 0.15) is 22.3 Å². The van der Waals surface area contributed by atoms with Crippen molar-refractivity contribution in [2.24, 2.45) is 5.73 Å². The fraction of sp³-hybridized carbons (Fsp3) is 0.316. The van der Waals surface area contributed by atoms with Gasteiger partial charge in [-0.05, 0) is 23.6 Å². The first-order chi connectivity index (χ1) is 13.8. The molecule has 0 aromatic heterocycles. The Morgan fingerprint density at radius 3 is 2.13 bits per heavy atom. The number of benzene rings is 2. The van der Waals surface area contributed by atoms with Crippen LogP contribution in [0.3, 0.4) is 0 Å². The van der Waals surface area contributed by atoms with Gasteiger partial charge in [0.15, 0.2) is 5.54 Å². The van der Waals surface area contributed by atoms with Crippen LogP contribution in [-0.4, -0.2) is 29.9 Å². The predicted octanol–water partition coefficient (Wildman–Crippen LogP) is 3.01. The van der Waals surface area contributed by atoms with Gasteiger partial charge in [0.05, 0.1) is 0 Å². The molecule has 1 aliphatic rings. The zero-order valence-electron chi connectivity index (χ0n) is 15.0. The smallest absolute Gasteiger partial charge is 0.369 e. The van der Waals surface area contributed by atoms with Crippen molar-refractivity contribution < 1.29 is 40.6 Å². The summed E-state index contributed by atoms with van der Waals surface area (Å²) in [7, 11) is 0. The Morgan fingerprint density at radius 2 is 1.60 bits per heavy atom. The van der Waals surface area contributed by atoms with Crippen LogP contribution in [-0.2, 0) is 22.4 Å². The Labute approximate surface area is 165 Å². The molecule has 1 amide bonds. The molecule has 0 fully saturated rings. The number of amides is 1. The molecule has 2 aromatic carbocycles. The number of halogens is 7. The molecule has 1 atom stereocenters. The monoisotopic (exact) mass is 436 g/mol. The SMILES string of the molecule is NC(=O)C1(c2ccc(C(O)(C(F)(F)F)C(F)(F)F)cc2F)NCCc2ccccc21. The summed E-state index contributed by atoms with van der Waals surface area (Å²) in [5.41, 5.74) is -3.28. The number of nitrogens with one attached hydrogen (secondary N) is 1.